The number of nitrogens with one attached hydrogen (secondary N) is 2. The molecule has 0 unspecified atom stereocenters. The summed E-state index contributed by atoms with van der Waals surface area (Å²) in [6, 6.07) is 6.09. The van der Waals surface area contributed by atoms with Crippen LogP contribution < -0.4 is 15.4 Å². The molecule has 0 spiro atoms. The summed E-state index contributed by atoms with van der Waals surface area (Å²) >= 11 is 0. The van der Waals surface area contributed by atoms with E-state index in [1.54, 1.807) is 14.2 Å². The molecule has 4 nitrogen and oxygen atoms in total. The molecule has 0 aliphatic rings. The van der Waals surface area contributed by atoms with Crippen molar-refractivity contribution in [3.8, 4) is 5.75 Å². The van der Waals surface area contributed by atoms with Crippen LogP contribution >= 0.6 is 0 Å². The highest BCUT2D eigenvalue weighted by atomic mass is 16.5. The van der Waals surface area contributed by atoms with Crippen LogP contribution in [0.1, 0.15) is 30.9 Å². The van der Waals surface area contributed by atoms with Gasteiger partial charge in [0.05, 0.1) is 7.11 Å². The van der Waals surface area contributed by atoms with E-state index in [-0.39, 0.29) is 6.03 Å². The van der Waals surface area contributed by atoms with E-state index in [0.29, 0.717) is 12.5 Å². The maximum Gasteiger partial charge on any atom is 0.314 e. The topological polar surface area (TPSA) is 50.4 Å². The predicted molar refractivity (Wildman–Crippen MR) is 73.2 cm³/mol. The Morgan fingerprint density at radius 2 is 2.11 bits per heavy atom. The average Bonchev–Trinajstić information content (AvgIpc) is 2.38. The molecular weight excluding hydrogens is 228 g/mol. The Hall–Kier alpha value is -1.71. The summed E-state index contributed by atoms with van der Waals surface area (Å²) in [6.45, 7) is 4.90. The number of amides is 2. The number of carbonyl (C=O) groups excluding carboxylic acids is 1. The second-order valence-electron chi connectivity index (χ2n) is 4.48. The van der Waals surface area contributed by atoms with Crippen LogP contribution in [0.25, 0.3) is 0 Å². The number of hydrogen-bond donors (Lipinski definition) is 2. The molecule has 1 aromatic carbocycles. The molecule has 0 aliphatic heterocycles. The maximum atomic E-state index is 11.0. The third-order valence-corrected chi connectivity index (χ3v) is 2.88. The zero-order chi connectivity index (χ0) is 13.5. The fourth-order valence-corrected chi connectivity index (χ4v) is 1.73. The van der Waals surface area contributed by atoms with Crippen LogP contribution in [0.4, 0.5) is 4.79 Å². The van der Waals surface area contributed by atoms with Gasteiger partial charge in [0, 0.05) is 13.6 Å². The van der Waals surface area contributed by atoms with Crippen LogP contribution in [0, 0.1) is 0 Å². The van der Waals surface area contributed by atoms with Gasteiger partial charge in [-0.05, 0) is 29.5 Å². The van der Waals surface area contributed by atoms with Gasteiger partial charge in [-0.3, -0.25) is 0 Å². The third kappa shape index (κ3) is 3.95. The van der Waals surface area contributed by atoms with E-state index in [4.69, 9.17) is 4.74 Å². The summed E-state index contributed by atoms with van der Waals surface area (Å²) in [6.07, 6.45) is 0.759. The fourth-order valence-electron chi connectivity index (χ4n) is 1.73. The third-order valence-electron chi connectivity index (χ3n) is 2.88. The first kappa shape index (κ1) is 14.4. The molecule has 0 heterocycles. The first-order valence-electron chi connectivity index (χ1n) is 6.21. The van der Waals surface area contributed by atoms with Crippen LogP contribution in [0.15, 0.2) is 18.2 Å². The molecule has 0 aliphatic carbocycles. The number of ether oxygens (including phenoxy) is 1. The van der Waals surface area contributed by atoms with Crippen molar-refractivity contribution in [2.24, 2.45) is 0 Å². The Bertz CT molecular complexity index is 403. The molecule has 18 heavy (non-hydrogen) atoms. The molecule has 0 fully saturated rings. The van der Waals surface area contributed by atoms with Crippen LogP contribution in [0.2, 0.25) is 0 Å². The lowest BCUT2D eigenvalue weighted by atomic mass is 10.00. The zero-order valence-electron chi connectivity index (χ0n) is 11.5. The van der Waals surface area contributed by atoms with Crippen molar-refractivity contribution in [2.45, 2.75) is 26.2 Å². The van der Waals surface area contributed by atoms with E-state index in [1.165, 1.54) is 5.56 Å². The minimum atomic E-state index is -0.159. The molecular formula is C14H22N2O2. The molecule has 0 saturated carbocycles. The lowest BCUT2D eigenvalue weighted by Gasteiger charge is -2.13. The van der Waals surface area contributed by atoms with E-state index < -0.39 is 0 Å². The number of rotatable bonds is 5. The molecule has 0 bridgehead atoms. The number of hydrogen-bond acceptors (Lipinski definition) is 2. The Labute approximate surface area is 109 Å². The van der Waals surface area contributed by atoms with Crippen molar-refractivity contribution in [3.63, 3.8) is 0 Å². The Kier molecular flexibility index (Phi) is 5.49. The molecule has 1 rings (SSSR count). The van der Waals surface area contributed by atoms with Crippen LogP contribution in [-0.2, 0) is 6.42 Å². The fraction of sp³-hybridized carbons (Fsp3) is 0.500. The molecule has 0 saturated heterocycles. The minimum Gasteiger partial charge on any atom is -0.496 e. The van der Waals surface area contributed by atoms with Gasteiger partial charge >= 0.3 is 6.03 Å². The number of benzene rings is 1. The lowest BCUT2D eigenvalue weighted by Crippen LogP contribution is -2.34. The standard InChI is InChI=1S/C14H22N2O2/c1-10(2)12-6-5-11(13(9-12)18-4)7-8-16-14(17)15-3/h5-6,9-10H,7-8H2,1-4H3,(H2,15,16,17). The average molecular weight is 250 g/mol. The van der Waals surface area contributed by atoms with E-state index in [9.17, 15) is 4.79 Å². The van der Waals surface area contributed by atoms with Gasteiger partial charge in [0.1, 0.15) is 5.75 Å². The van der Waals surface area contributed by atoms with E-state index in [0.717, 1.165) is 17.7 Å². The highest BCUT2D eigenvalue weighted by Gasteiger charge is 2.07. The molecule has 2 amide bonds. The summed E-state index contributed by atoms with van der Waals surface area (Å²) < 4.78 is 5.39. The molecule has 1 aromatic rings. The van der Waals surface area contributed by atoms with Gasteiger partial charge in [0.2, 0.25) is 0 Å². The summed E-state index contributed by atoms with van der Waals surface area (Å²) in [7, 11) is 3.28. The van der Waals surface area contributed by atoms with Crippen LogP contribution in [0.3, 0.4) is 0 Å². The van der Waals surface area contributed by atoms with E-state index >= 15 is 0 Å². The summed E-state index contributed by atoms with van der Waals surface area (Å²) in [5.41, 5.74) is 2.37. The largest absolute Gasteiger partial charge is 0.496 e. The Morgan fingerprint density at radius 1 is 1.39 bits per heavy atom. The van der Waals surface area contributed by atoms with Gasteiger partial charge in [0.15, 0.2) is 0 Å². The SMILES string of the molecule is CNC(=O)NCCc1ccc(C(C)C)cc1OC. The Balaban J connectivity index is 2.68. The van der Waals surface area contributed by atoms with Crippen LogP contribution in [-0.4, -0.2) is 26.7 Å². The second kappa shape index (κ2) is 6.89. The first-order chi connectivity index (χ1) is 8.58. The number of urea groups is 1. The van der Waals surface area contributed by atoms with Crippen molar-refractivity contribution in [3.05, 3.63) is 29.3 Å². The van der Waals surface area contributed by atoms with Crippen molar-refractivity contribution in [1.82, 2.24) is 10.6 Å². The molecule has 0 radical (unpaired) electrons. The van der Waals surface area contributed by atoms with Crippen molar-refractivity contribution < 1.29 is 9.53 Å². The Morgan fingerprint density at radius 3 is 2.67 bits per heavy atom. The van der Waals surface area contributed by atoms with Gasteiger partial charge in [0.25, 0.3) is 0 Å². The molecule has 0 aromatic heterocycles. The predicted octanol–water partition coefficient (Wildman–Crippen LogP) is 2.29. The quantitative estimate of drug-likeness (QED) is 0.842. The van der Waals surface area contributed by atoms with Gasteiger partial charge < -0.3 is 15.4 Å². The number of methoxy groups -OCH3 is 1. The minimum absolute atomic E-state index is 0.159. The van der Waals surface area contributed by atoms with Crippen LogP contribution in [0.5, 0.6) is 5.75 Å². The van der Waals surface area contributed by atoms with Crippen molar-refractivity contribution in [2.75, 3.05) is 20.7 Å². The van der Waals surface area contributed by atoms with E-state index in [1.807, 2.05) is 0 Å². The number of carbonyl (C=O) groups is 1. The van der Waals surface area contributed by atoms with Gasteiger partial charge in [-0.1, -0.05) is 26.0 Å². The van der Waals surface area contributed by atoms with Gasteiger partial charge in [-0.15, -0.1) is 0 Å². The normalized spacial score (nSPS) is 10.3. The zero-order valence-corrected chi connectivity index (χ0v) is 11.5. The monoisotopic (exact) mass is 250 g/mol. The highest BCUT2D eigenvalue weighted by molar-refractivity contribution is 5.73. The van der Waals surface area contributed by atoms with Gasteiger partial charge in [-0.2, -0.15) is 0 Å². The van der Waals surface area contributed by atoms with Crippen molar-refractivity contribution in [1.29, 1.82) is 0 Å². The van der Waals surface area contributed by atoms with Crippen molar-refractivity contribution >= 4 is 6.03 Å². The summed E-state index contributed by atoms with van der Waals surface area (Å²) in [5.74, 6) is 1.37. The first-order valence-corrected chi connectivity index (χ1v) is 6.21. The lowest BCUT2D eigenvalue weighted by molar-refractivity contribution is 0.243. The second-order valence-corrected chi connectivity index (χ2v) is 4.48. The summed E-state index contributed by atoms with van der Waals surface area (Å²) in [5, 5.41) is 5.29. The highest BCUT2D eigenvalue weighted by Crippen LogP contribution is 2.24. The maximum absolute atomic E-state index is 11.0. The van der Waals surface area contributed by atoms with Gasteiger partial charge in [-0.25, -0.2) is 4.79 Å². The molecule has 100 valence electrons. The summed E-state index contributed by atoms with van der Waals surface area (Å²) in [4.78, 5) is 11.0. The smallest absolute Gasteiger partial charge is 0.314 e. The molecule has 2 N–H and O–H groups in total. The molecule has 4 heteroatoms. The molecule has 0 atom stereocenters. The van der Waals surface area contributed by atoms with E-state index in [2.05, 4.69) is 42.7 Å².